The van der Waals surface area contributed by atoms with Crippen molar-refractivity contribution in [2.45, 2.75) is 26.4 Å². The van der Waals surface area contributed by atoms with E-state index in [-0.39, 0.29) is 6.10 Å². The van der Waals surface area contributed by atoms with Gasteiger partial charge in [0.1, 0.15) is 0 Å². The summed E-state index contributed by atoms with van der Waals surface area (Å²) >= 11 is 0. The molecule has 0 aromatic carbocycles. The summed E-state index contributed by atoms with van der Waals surface area (Å²) in [5, 5.41) is 8.52. The van der Waals surface area contributed by atoms with E-state index in [4.69, 9.17) is 14.7 Å². The molecule has 0 aromatic heterocycles. The lowest BCUT2D eigenvalue weighted by Gasteiger charge is -2.21. The Hall–Kier alpha value is -0.630. The zero-order valence-corrected chi connectivity index (χ0v) is 10.0. The van der Waals surface area contributed by atoms with Crippen molar-refractivity contribution in [1.82, 2.24) is 4.90 Å². The maximum atomic E-state index is 8.52. The highest BCUT2D eigenvalue weighted by molar-refractivity contribution is 4.72. The molecule has 0 radical (unpaired) electrons. The first kappa shape index (κ1) is 14.4. The van der Waals surface area contributed by atoms with Crippen molar-refractivity contribution in [2.24, 2.45) is 0 Å². The fraction of sp³-hybridized carbons (Fsp3) is 0.909. The van der Waals surface area contributed by atoms with E-state index in [2.05, 4.69) is 11.0 Å². The average molecular weight is 214 g/mol. The van der Waals surface area contributed by atoms with Crippen molar-refractivity contribution in [3.63, 3.8) is 0 Å². The molecule has 4 nitrogen and oxygen atoms in total. The summed E-state index contributed by atoms with van der Waals surface area (Å²) in [6, 6.07) is 2.15. The molecule has 0 saturated carbocycles. The van der Waals surface area contributed by atoms with E-state index in [0.29, 0.717) is 19.6 Å². The second kappa shape index (κ2) is 9.91. The number of nitriles is 1. The van der Waals surface area contributed by atoms with Crippen LogP contribution in [0.2, 0.25) is 0 Å². The Morgan fingerprint density at radius 3 is 2.40 bits per heavy atom. The first-order chi connectivity index (χ1) is 7.20. The second-order valence-electron chi connectivity index (χ2n) is 3.66. The van der Waals surface area contributed by atoms with Crippen LogP contribution >= 0.6 is 0 Å². The fourth-order valence-electron chi connectivity index (χ4n) is 1.18. The van der Waals surface area contributed by atoms with Crippen molar-refractivity contribution < 1.29 is 9.47 Å². The molecule has 0 N–H and O–H groups in total. The highest BCUT2D eigenvalue weighted by atomic mass is 16.5. The number of nitrogens with zero attached hydrogens (tertiary/aromatic N) is 2. The summed E-state index contributed by atoms with van der Waals surface area (Å²) in [5.74, 6) is 0. The molecule has 15 heavy (non-hydrogen) atoms. The SMILES string of the molecule is COCCN(CCC#N)CCOC(C)C. The largest absolute Gasteiger partial charge is 0.383 e. The first-order valence-corrected chi connectivity index (χ1v) is 5.40. The van der Waals surface area contributed by atoms with E-state index in [1.54, 1.807) is 7.11 Å². The highest BCUT2D eigenvalue weighted by Gasteiger charge is 2.04. The maximum Gasteiger partial charge on any atom is 0.0635 e. The van der Waals surface area contributed by atoms with Gasteiger partial charge in [-0.25, -0.2) is 0 Å². The van der Waals surface area contributed by atoms with E-state index >= 15 is 0 Å². The Morgan fingerprint density at radius 2 is 1.87 bits per heavy atom. The molecule has 0 saturated heterocycles. The van der Waals surface area contributed by atoms with Crippen molar-refractivity contribution >= 4 is 0 Å². The monoisotopic (exact) mass is 214 g/mol. The van der Waals surface area contributed by atoms with Crippen LogP contribution in [-0.2, 0) is 9.47 Å². The van der Waals surface area contributed by atoms with Gasteiger partial charge in [-0.2, -0.15) is 5.26 Å². The van der Waals surface area contributed by atoms with Crippen molar-refractivity contribution in [2.75, 3.05) is 40.0 Å². The summed E-state index contributed by atoms with van der Waals surface area (Å²) in [7, 11) is 1.69. The first-order valence-electron chi connectivity index (χ1n) is 5.40. The van der Waals surface area contributed by atoms with E-state index < -0.39 is 0 Å². The Bertz CT molecular complexity index is 178. The van der Waals surface area contributed by atoms with E-state index in [0.717, 1.165) is 19.6 Å². The van der Waals surface area contributed by atoms with Crippen molar-refractivity contribution in [1.29, 1.82) is 5.26 Å². The van der Waals surface area contributed by atoms with Crippen LogP contribution in [0.1, 0.15) is 20.3 Å². The van der Waals surface area contributed by atoms with Gasteiger partial charge in [0, 0.05) is 33.2 Å². The van der Waals surface area contributed by atoms with Crippen LogP contribution in [0.5, 0.6) is 0 Å². The van der Waals surface area contributed by atoms with E-state index in [1.807, 2.05) is 13.8 Å². The molecule has 0 fully saturated rings. The van der Waals surface area contributed by atoms with Crippen LogP contribution in [0.25, 0.3) is 0 Å². The predicted octanol–water partition coefficient (Wildman–Crippen LogP) is 1.27. The average Bonchev–Trinajstić information content (AvgIpc) is 2.20. The smallest absolute Gasteiger partial charge is 0.0635 e. The van der Waals surface area contributed by atoms with Crippen LogP contribution < -0.4 is 0 Å². The molecule has 0 heterocycles. The number of ether oxygens (including phenoxy) is 2. The molecule has 88 valence electrons. The summed E-state index contributed by atoms with van der Waals surface area (Å²) in [6.45, 7) is 7.98. The molecule has 0 aliphatic carbocycles. The molecule has 0 aliphatic rings. The number of hydrogen-bond acceptors (Lipinski definition) is 4. The molecule has 0 aromatic rings. The summed E-state index contributed by atoms with van der Waals surface area (Å²) in [5.41, 5.74) is 0. The van der Waals surface area contributed by atoms with Crippen LogP contribution in [0.4, 0.5) is 0 Å². The molecule has 0 amide bonds. The van der Waals surface area contributed by atoms with Gasteiger partial charge in [-0.05, 0) is 13.8 Å². The Morgan fingerprint density at radius 1 is 1.20 bits per heavy atom. The Balaban J connectivity index is 3.64. The fourth-order valence-corrected chi connectivity index (χ4v) is 1.18. The van der Waals surface area contributed by atoms with Gasteiger partial charge in [-0.15, -0.1) is 0 Å². The van der Waals surface area contributed by atoms with Crippen molar-refractivity contribution in [3.05, 3.63) is 0 Å². The normalized spacial score (nSPS) is 10.9. The van der Waals surface area contributed by atoms with Crippen LogP contribution in [0.15, 0.2) is 0 Å². The van der Waals surface area contributed by atoms with Gasteiger partial charge in [0.05, 0.1) is 25.4 Å². The molecular formula is C11H22N2O2. The third kappa shape index (κ3) is 9.67. The minimum atomic E-state index is 0.269. The zero-order chi connectivity index (χ0) is 11.5. The van der Waals surface area contributed by atoms with Gasteiger partial charge in [-0.1, -0.05) is 0 Å². The molecule has 0 atom stereocenters. The summed E-state index contributed by atoms with van der Waals surface area (Å²) < 4.78 is 10.5. The van der Waals surface area contributed by atoms with Crippen LogP contribution in [0.3, 0.4) is 0 Å². The third-order valence-electron chi connectivity index (χ3n) is 2.01. The Kier molecular flexibility index (Phi) is 9.49. The van der Waals surface area contributed by atoms with Gasteiger partial charge in [-0.3, -0.25) is 4.90 Å². The third-order valence-corrected chi connectivity index (χ3v) is 2.01. The predicted molar refractivity (Wildman–Crippen MR) is 59.6 cm³/mol. The van der Waals surface area contributed by atoms with Crippen LogP contribution in [-0.4, -0.2) is 51.0 Å². The maximum absolute atomic E-state index is 8.52. The minimum absolute atomic E-state index is 0.269. The van der Waals surface area contributed by atoms with Crippen LogP contribution in [0, 0.1) is 11.3 Å². The lowest BCUT2D eigenvalue weighted by Crippen LogP contribution is -2.32. The molecule has 4 heteroatoms. The van der Waals surface area contributed by atoms with Gasteiger partial charge in [0.2, 0.25) is 0 Å². The molecule has 0 aliphatic heterocycles. The lowest BCUT2D eigenvalue weighted by atomic mass is 10.4. The number of hydrogen-bond donors (Lipinski definition) is 0. The topological polar surface area (TPSA) is 45.5 Å². The lowest BCUT2D eigenvalue weighted by molar-refractivity contribution is 0.0529. The Labute approximate surface area is 92.8 Å². The van der Waals surface area contributed by atoms with Gasteiger partial charge in [0.25, 0.3) is 0 Å². The van der Waals surface area contributed by atoms with Gasteiger partial charge >= 0.3 is 0 Å². The minimum Gasteiger partial charge on any atom is -0.383 e. The van der Waals surface area contributed by atoms with Gasteiger partial charge < -0.3 is 9.47 Å². The number of methoxy groups -OCH3 is 1. The molecule has 0 rings (SSSR count). The summed E-state index contributed by atoms with van der Waals surface area (Å²) in [6.07, 6.45) is 0.830. The second-order valence-corrected chi connectivity index (χ2v) is 3.66. The van der Waals surface area contributed by atoms with E-state index in [1.165, 1.54) is 0 Å². The molecule has 0 bridgehead atoms. The number of rotatable bonds is 9. The van der Waals surface area contributed by atoms with Gasteiger partial charge in [0.15, 0.2) is 0 Å². The summed E-state index contributed by atoms with van der Waals surface area (Å²) in [4.78, 5) is 2.19. The molecular weight excluding hydrogens is 192 g/mol. The quantitative estimate of drug-likeness (QED) is 0.580. The standard InChI is InChI=1S/C11H22N2O2/c1-11(2)15-10-8-13(6-4-5-12)7-9-14-3/h11H,4,6-10H2,1-3H3. The highest BCUT2D eigenvalue weighted by Crippen LogP contribution is 1.94. The van der Waals surface area contributed by atoms with Crippen molar-refractivity contribution in [3.8, 4) is 6.07 Å². The van der Waals surface area contributed by atoms with E-state index in [9.17, 15) is 0 Å². The molecule has 0 spiro atoms. The molecule has 0 unspecified atom stereocenters. The zero-order valence-electron chi connectivity index (χ0n) is 10.0.